The maximum absolute atomic E-state index is 5.58. The second-order valence-corrected chi connectivity index (χ2v) is 3.77. The van der Waals surface area contributed by atoms with Gasteiger partial charge >= 0.3 is 0 Å². The van der Waals surface area contributed by atoms with E-state index in [2.05, 4.69) is 28.8 Å². The maximum Gasteiger partial charge on any atom is 0.128 e. The van der Waals surface area contributed by atoms with Crippen molar-refractivity contribution in [2.75, 3.05) is 44.4 Å². The van der Waals surface area contributed by atoms with Gasteiger partial charge in [-0.2, -0.15) is 0 Å². The van der Waals surface area contributed by atoms with Crippen molar-refractivity contribution in [3.8, 4) is 0 Å². The fraction of sp³-hybridized carbons (Fsp3) is 0.545. The molecule has 1 heterocycles. The first-order chi connectivity index (χ1) is 7.13. The Kier molecular flexibility index (Phi) is 4.37. The number of aromatic nitrogens is 1. The normalized spacial score (nSPS) is 10.7. The Bertz CT molecular complexity index is 283. The molecule has 0 unspecified atom stereocenters. The van der Waals surface area contributed by atoms with Gasteiger partial charge in [0.15, 0.2) is 0 Å². The molecule has 2 N–H and O–H groups in total. The van der Waals surface area contributed by atoms with Crippen molar-refractivity contribution >= 4 is 11.5 Å². The first-order valence-corrected chi connectivity index (χ1v) is 5.24. The molecule has 1 aromatic heterocycles. The summed E-state index contributed by atoms with van der Waals surface area (Å²) in [6, 6.07) is 3.82. The van der Waals surface area contributed by atoms with Crippen LogP contribution in [0.5, 0.6) is 0 Å². The summed E-state index contributed by atoms with van der Waals surface area (Å²) >= 11 is 0. The molecule has 1 rings (SSSR count). The lowest BCUT2D eigenvalue weighted by Gasteiger charge is -2.21. The SMILES string of the molecule is CCN(C)CCN(C)c1ccc(N)cn1. The number of rotatable bonds is 5. The van der Waals surface area contributed by atoms with Crippen LogP contribution in [0.1, 0.15) is 6.92 Å². The third kappa shape index (κ3) is 3.75. The number of anilines is 2. The maximum atomic E-state index is 5.58. The number of pyridine rings is 1. The van der Waals surface area contributed by atoms with E-state index in [1.165, 1.54) is 0 Å². The predicted molar refractivity (Wildman–Crippen MR) is 65.1 cm³/mol. The van der Waals surface area contributed by atoms with Crippen molar-refractivity contribution in [3.63, 3.8) is 0 Å². The summed E-state index contributed by atoms with van der Waals surface area (Å²) in [5.41, 5.74) is 6.29. The predicted octanol–water partition coefficient (Wildman–Crippen LogP) is 1.05. The summed E-state index contributed by atoms with van der Waals surface area (Å²) < 4.78 is 0. The van der Waals surface area contributed by atoms with E-state index in [0.717, 1.165) is 25.5 Å². The number of hydrogen-bond donors (Lipinski definition) is 1. The van der Waals surface area contributed by atoms with Gasteiger partial charge < -0.3 is 15.5 Å². The van der Waals surface area contributed by atoms with Crippen LogP contribution in [-0.4, -0.2) is 43.6 Å². The van der Waals surface area contributed by atoms with E-state index < -0.39 is 0 Å². The number of nitrogens with zero attached hydrogens (tertiary/aromatic N) is 3. The number of hydrogen-bond acceptors (Lipinski definition) is 4. The van der Waals surface area contributed by atoms with Crippen molar-refractivity contribution in [2.24, 2.45) is 0 Å². The second-order valence-electron chi connectivity index (χ2n) is 3.77. The highest BCUT2D eigenvalue weighted by Crippen LogP contribution is 2.09. The minimum atomic E-state index is 0.706. The summed E-state index contributed by atoms with van der Waals surface area (Å²) in [7, 11) is 4.16. The van der Waals surface area contributed by atoms with E-state index in [1.54, 1.807) is 6.20 Å². The monoisotopic (exact) mass is 208 g/mol. The van der Waals surface area contributed by atoms with Gasteiger partial charge in [0, 0.05) is 20.1 Å². The van der Waals surface area contributed by atoms with E-state index in [4.69, 9.17) is 5.73 Å². The van der Waals surface area contributed by atoms with Crippen LogP contribution in [0.4, 0.5) is 11.5 Å². The van der Waals surface area contributed by atoms with Crippen molar-refractivity contribution < 1.29 is 0 Å². The van der Waals surface area contributed by atoms with Gasteiger partial charge in [-0.15, -0.1) is 0 Å². The highest BCUT2D eigenvalue weighted by molar-refractivity contribution is 5.45. The third-order valence-corrected chi connectivity index (χ3v) is 2.52. The van der Waals surface area contributed by atoms with E-state index >= 15 is 0 Å². The zero-order valence-corrected chi connectivity index (χ0v) is 9.77. The van der Waals surface area contributed by atoms with Crippen LogP contribution in [-0.2, 0) is 0 Å². The standard InChI is InChI=1S/C11H20N4/c1-4-14(2)7-8-15(3)11-6-5-10(12)9-13-11/h5-6,9H,4,7-8,12H2,1-3H3. The molecule has 84 valence electrons. The van der Waals surface area contributed by atoms with Gasteiger partial charge in [0.05, 0.1) is 11.9 Å². The molecule has 0 spiro atoms. The summed E-state index contributed by atoms with van der Waals surface area (Å²) in [5, 5.41) is 0. The highest BCUT2D eigenvalue weighted by atomic mass is 15.2. The van der Waals surface area contributed by atoms with Gasteiger partial charge in [0.1, 0.15) is 5.82 Å². The summed E-state index contributed by atoms with van der Waals surface area (Å²) in [6.45, 7) is 5.24. The molecule has 0 atom stereocenters. The third-order valence-electron chi connectivity index (χ3n) is 2.52. The van der Waals surface area contributed by atoms with Crippen LogP contribution in [0.15, 0.2) is 18.3 Å². The molecule has 1 aromatic rings. The topological polar surface area (TPSA) is 45.4 Å². The van der Waals surface area contributed by atoms with Crippen molar-refractivity contribution in [1.29, 1.82) is 0 Å². The lowest BCUT2D eigenvalue weighted by atomic mass is 10.4. The molecule has 4 heteroatoms. The van der Waals surface area contributed by atoms with Crippen LogP contribution in [0.3, 0.4) is 0 Å². The Hall–Kier alpha value is -1.29. The minimum absolute atomic E-state index is 0.706. The molecule has 0 aliphatic carbocycles. The van der Waals surface area contributed by atoms with Crippen molar-refractivity contribution in [2.45, 2.75) is 6.92 Å². The Morgan fingerprint density at radius 3 is 2.53 bits per heavy atom. The first kappa shape index (κ1) is 11.8. The van der Waals surface area contributed by atoms with E-state index in [0.29, 0.717) is 5.69 Å². The molecule has 0 fully saturated rings. The van der Waals surface area contributed by atoms with E-state index in [-0.39, 0.29) is 0 Å². The summed E-state index contributed by atoms with van der Waals surface area (Å²) in [4.78, 5) is 8.67. The summed E-state index contributed by atoms with van der Waals surface area (Å²) in [5.74, 6) is 0.966. The largest absolute Gasteiger partial charge is 0.397 e. The second kappa shape index (κ2) is 5.56. The molecule has 15 heavy (non-hydrogen) atoms. The number of nitrogens with two attached hydrogens (primary N) is 1. The Balaban J connectivity index is 2.46. The lowest BCUT2D eigenvalue weighted by molar-refractivity contribution is 0.360. The van der Waals surface area contributed by atoms with Gasteiger partial charge in [0.2, 0.25) is 0 Å². The average Bonchev–Trinajstić information content (AvgIpc) is 2.26. The lowest BCUT2D eigenvalue weighted by Crippen LogP contribution is -2.30. The highest BCUT2D eigenvalue weighted by Gasteiger charge is 2.02. The zero-order chi connectivity index (χ0) is 11.3. The van der Waals surface area contributed by atoms with Gasteiger partial charge in [-0.1, -0.05) is 6.92 Å². The molecule has 4 nitrogen and oxygen atoms in total. The van der Waals surface area contributed by atoms with Crippen LogP contribution >= 0.6 is 0 Å². The van der Waals surface area contributed by atoms with E-state index in [1.807, 2.05) is 19.2 Å². The molecule has 0 aliphatic rings. The molecule has 0 amide bonds. The van der Waals surface area contributed by atoms with Crippen LogP contribution in [0.25, 0.3) is 0 Å². The summed E-state index contributed by atoms with van der Waals surface area (Å²) in [6.07, 6.45) is 1.69. The molecular weight excluding hydrogens is 188 g/mol. The van der Waals surface area contributed by atoms with Crippen molar-refractivity contribution in [1.82, 2.24) is 9.88 Å². The number of likely N-dealkylation sites (N-methyl/N-ethyl adjacent to an activating group) is 2. The fourth-order valence-electron chi connectivity index (χ4n) is 1.22. The minimum Gasteiger partial charge on any atom is -0.397 e. The van der Waals surface area contributed by atoms with Gasteiger partial charge in [0.25, 0.3) is 0 Å². The van der Waals surface area contributed by atoms with E-state index in [9.17, 15) is 0 Å². The molecule has 0 aromatic carbocycles. The zero-order valence-electron chi connectivity index (χ0n) is 9.77. The fourth-order valence-corrected chi connectivity index (χ4v) is 1.22. The average molecular weight is 208 g/mol. The Labute approximate surface area is 91.7 Å². The molecule has 0 saturated carbocycles. The molecule has 0 saturated heterocycles. The van der Waals surface area contributed by atoms with Gasteiger partial charge in [-0.25, -0.2) is 4.98 Å². The van der Waals surface area contributed by atoms with Crippen molar-refractivity contribution in [3.05, 3.63) is 18.3 Å². The smallest absolute Gasteiger partial charge is 0.128 e. The quantitative estimate of drug-likeness (QED) is 0.785. The van der Waals surface area contributed by atoms with Gasteiger partial charge in [-0.3, -0.25) is 0 Å². The molecule has 0 bridgehead atoms. The van der Waals surface area contributed by atoms with Crippen LogP contribution in [0.2, 0.25) is 0 Å². The van der Waals surface area contributed by atoms with Crippen LogP contribution in [0, 0.1) is 0 Å². The Morgan fingerprint density at radius 1 is 1.27 bits per heavy atom. The first-order valence-electron chi connectivity index (χ1n) is 5.24. The van der Waals surface area contributed by atoms with Gasteiger partial charge in [-0.05, 0) is 25.7 Å². The number of nitrogen functional groups attached to an aromatic ring is 1. The molecule has 0 radical (unpaired) electrons. The molecule has 0 aliphatic heterocycles. The van der Waals surface area contributed by atoms with Crippen LogP contribution < -0.4 is 10.6 Å². The molecular formula is C11H20N4. The Morgan fingerprint density at radius 2 is 2.00 bits per heavy atom.